The molecular formula is C22H31Cl2N5O3S. The fraction of sp³-hybridized carbons (Fsp3) is 0.455. The maximum atomic E-state index is 13.2. The van der Waals surface area contributed by atoms with Crippen molar-refractivity contribution >= 4 is 40.7 Å². The second-order valence-corrected chi connectivity index (χ2v) is 9.85. The lowest BCUT2D eigenvalue weighted by Gasteiger charge is -2.36. The van der Waals surface area contributed by atoms with Crippen molar-refractivity contribution in [3.63, 3.8) is 0 Å². The van der Waals surface area contributed by atoms with Crippen molar-refractivity contribution in [2.45, 2.75) is 36.7 Å². The number of piperazine rings is 1. The highest BCUT2D eigenvalue weighted by Crippen LogP contribution is 2.28. The summed E-state index contributed by atoms with van der Waals surface area (Å²) < 4.78 is 28.9. The van der Waals surface area contributed by atoms with Gasteiger partial charge >= 0.3 is 0 Å². The molecule has 1 atom stereocenters. The molecule has 0 spiro atoms. The van der Waals surface area contributed by atoms with Crippen molar-refractivity contribution in [1.82, 2.24) is 19.5 Å². The van der Waals surface area contributed by atoms with Crippen LogP contribution in [0.3, 0.4) is 0 Å². The molecule has 2 heterocycles. The molecule has 2 fully saturated rings. The number of carbonyl (C=O) groups is 1. The molecule has 2 aliphatic rings. The van der Waals surface area contributed by atoms with Gasteiger partial charge in [-0.3, -0.25) is 14.7 Å². The largest absolute Gasteiger partial charge is 0.339 e. The number of nitrogens with zero attached hydrogens (tertiary/aromatic N) is 3. The summed E-state index contributed by atoms with van der Waals surface area (Å²) >= 11 is 0. The maximum Gasteiger partial charge on any atom is 0.242 e. The minimum absolute atomic E-state index is 0. The molecular weight excluding hydrogens is 485 g/mol. The highest BCUT2D eigenvalue weighted by atomic mass is 35.5. The summed E-state index contributed by atoms with van der Waals surface area (Å²) in [6.07, 6.45) is 5.83. The minimum Gasteiger partial charge on any atom is -0.339 e. The maximum absolute atomic E-state index is 13.2. The van der Waals surface area contributed by atoms with E-state index in [1.54, 1.807) is 42.4 Å². The number of nitrogens with two attached hydrogens (primary N) is 1. The van der Waals surface area contributed by atoms with Gasteiger partial charge in [0.1, 0.15) is 6.04 Å². The topological polar surface area (TPSA) is 109 Å². The lowest BCUT2D eigenvalue weighted by Crippen LogP contribution is -2.57. The van der Waals surface area contributed by atoms with Crippen molar-refractivity contribution in [1.29, 1.82) is 0 Å². The molecule has 182 valence electrons. The quantitative estimate of drug-likeness (QED) is 0.581. The summed E-state index contributed by atoms with van der Waals surface area (Å²) in [6.45, 7) is 4.51. The summed E-state index contributed by atoms with van der Waals surface area (Å²) in [5.41, 5.74) is 8.03. The van der Waals surface area contributed by atoms with Crippen LogP contribution >= 0.6 is 24.8 Å². The molecule has 8 nitrogen and oxygen atoms in total. The predicted molar refractivity (Wildman–Crippen MR) is 133 cm³/mol. The number of benzene rings is 1. The third kappa shape index (κ3) is 6.23. The summed E-state index contributed by atoms with van der Waals surface area (Å²) in [4.78, 5) is 21.4. The lowest BCUT2D eigenvalue weighted by molar-refractivity contribution is -0.134. The second-order valence-electron chi connectivity index (χ2n) is 8.17. The Kier molecular flexibility index (Phi) is 9.66. The first-order valence-corrected chi connectivity index (χ1v) is 12.1. The Bertz CT molecular complexity index is 1040. The lowest BCUT2D eigenvalue weighted by atomic mass is 10.0. The summed E-state index contributed by atoms with van der Waals surface area (Å²) in [5.74, 6) is -0.261. The molecule has 4 rings (SSSR count). The van der Waals surface area contributed by atoms with E-state index in [0.717, 1.165) is 24.2 Å². The van der Waals surface area contributed by atoms with Crippen LogP contribution in [-0.4, -0.2) is 73.9 Å². The fourth-order valence-electron chi connectivity index (χ4n) is 4.16. The van der Waals surface area contributed by atoms with E-state index in [-0.39, 0.29) is 42.2 Å². The molecule has 1 aromatic carbocycles. The average Bonchev–Trinajstić information content (AvgIpc) is 3.63. The van der Waals surface area contributed by atoms with E-state index in [9.17, 15) is 13.2 Å². The van der Waals surface area contributed by atoms with Crippen LogP contribution < -0.4 is 10.5 Å². The Labute approximate surface area is 207 Å². The zero-order valence-electron chi connectivity index (χ0n) is 18.5. The van der Waals surface area contributed by atoms with E-state index in [1.165, 1.54) is 12.8 Å². The molecule has 1 aliphatic heterocycles. The third-order valence-corrected chi connectivity index (χ3v) is 7.68. The molecule has 1 amide bonds. The molecule has 1 saturated carbocycles. The molecule has 33 heavy (non-hydrogen) atoms. The molecule has 11 heteroatoms. The van der Waals surface area contributed by atoms with Crippen LogP contribution in [-0.2, 0) is 14.8 Å². The molecule has 0 radical (unpaired) electrons. The van der Waals surface area contributed by atoms with Crippen LogP contribution in [0.15, 0.2) is 47.6 Å². The van der Waals surface area contributed by atoms with Crippen molar-refractivity contribution in [2.75, 3.05) is 32.7 Å². The van der Waals surface area contributed by atoms with Crippen LogP contribution in [0.2, 0.25) is 0 Å². The van der Waals surface area contributed by atoms with Gasteiger partial charge in [-0.2, -0.15) is 4.72 Å². The first kappa shape index (κ1) is 27.5. The number of aromatic nitrogens is 1. The molecule has 1 aliphatic carbocycles. The Hall–Kier alpha value is -1.75. The fourth-order valence-corrected chi connectivity index (χ4v) is 5.63. The molecule has 1 saturated heterocycles. The SMILES string of the molecule is Cc1c(-c2cccnc2)cccc1S(=O)(=O)N[C@@H](CN)C(=O)N1CCN(C2CC2)CC1.Cl.Cl. The van der Waals surface area contributed by atoms with Gasteiger partial charge in [0.15, 0.2) is 0 Å². The molecule has 1 aromatic heterocycles. The van der Waals surface area contributed by atoms with Gasteiger partial charge in [0.05, 0.1) is 4.90 Å². The van der Waals surface area contributed by atoms with Gasteiger partial charge < -0.3 is 10.6 Å². The van der Waals surface area contributed by atoms with E-state index in [1.807, 2.05) is 12.1 Å². The van der Waals surface area contributed by atoms with Crippen LogP contribution in [0.1, 0.15) is 18.4 Å². The van der Waals surface area contributed by atoms with Gasteiger partial charge in [-0.15, -0.1) is 24.8 Å². The predicted octanol–water partition coefficient (Wildman–Crippen LogP) is 1.81. The normalized spacial score (nSPS) is 17.6. The highest BCUT2D eigenvalue weighted by Gasteiger charge is 2.35. The Morgan fingerprint density at radius 3 is 2.42 bits per heavy atom. The van der Waals surface area contributed by atoms with Crippen molar-refractivity contribution < 1.29 is 13.2 Å². The van der Waals surface area contributed by atoms with E-state index >= 15 is 0 Å². The van der Waals surface area contributed by atoms with Crippen molar-refractivity contribution in [2.24, 2.45) is 5.73 Å². The molecule has 3 N–H and O–H groups in total. The Balaban J connectivity index is 0.00000193. The summed E-state index contributed by atoms with van der Waals surface area (Å²) in [7, 11) is -3.94. The average molecular weight is 516 g/mol. The Morgan fingerprint density at radius 2 is 1.85 bits per heavy atom. The number of hydrogen-bond donors (Lipinski definition) is 2. The van der Waals surface area contributed by atoms with Gasteiger partial charge in [-0.25, -0.2) is 8.42 Å². The zero-order valence-corrected chi connectivity index (χ0v) is 21.0. The number of amides is 1. The van der Waals surface area contributed by atoms with E-state index in [2.05, 4.69) is 14.6 Å². The molecule has 0 bridgehead atoms. The summed E-state index contributed by atoms with van der Waals surface area (Å²) in [5, 5.41) is 0. The number of rotatable bonds is 7. The van der Waals surface area contributed by atoms with Crippen LogP contribution in [0.25, 0.3) is 11.1 Å². The van der Waals surface area contributed by atoms with E-state index < -0.39 is 16.1 Å². The molecule has 0 unspecified atom stereocenters. The van der Waals surface area contributed by atoms with Gasteiger partial charge in [-0.1, -0.05) is 18.2 Å². The minimum atomic E-state index is -3.94. The third-order valence-electron chi connectivity index (χ3n) is 6.07. The number of sulfonamides is 1. The number of pyridine rings is 1. The first-order chi connectivity index (χ1) is 14.9. The van der Waals surface area contributed by atoms with E-state index in [0.29, 0.717) is 24.7 Å². The Morgan fingerprint density at radius 1 is 1.15 bits per heavy atom. The zero-order chi connectivity index (χ0) is 22.0. The smallest absolute Gasteiger partial charge is 0.242 e. The standard InChI is InChI=1S/C22H29N5O3S.2ClH/c1-16-19(17-4-3-9-24-15-17)5-2-6-21(16)31(29,30)25-20(14-23)22(28)27-12-10-26(11-13-27)18-7-8-18;;/h2-6,9,15,18,20,25H,7-8,10-14,23H2,1H3;2*1H/t20-;;/m0../s1. The van der Waals surface area contributed by atoms with Gasteiger partial charge in [0, 0.05) is 56.7 Å². The number of hydrogen-bond acceptors (Lipinski definition) is 6. The van der Waals surface area contributed by atoms with Gasteiger partial charge in [0.25, 0.3) is 0 Å². The van der Waals surface area contributed by atoms with Crippen molar-refractivity contribution in [3.8, 4) is 11.1 Å². The summed E-state index contributed by atoms with van der Waals surface area (Å²) in [6, 6.07) is 8.46. The number of carbonyl (C=O) groups excluding carboxylic acids is 1. The van der Waals surface area contributed by atoms with E-state index in [4.69, 9.17) is 5.73 Å². The molecule has 2 aromatic rings. The van der Waals surface area contributed by atoms with Crippen LogP contribution in [0.4, 0.5) is 0 Å². The second kappa shape index (κ2) is 11.6. The first-order valence-electron chi connectivity index (χ1n) is 10.7. The van der Waals surface area contributed by atoms with Crippen molar-refractivity contribution in [3.05, 3.63) is 48.3 Å². The van der Waals surface area contributed by atoms with Crippen LogP contribution in [0.5, 0.6) is 0 Å². The highest BCUT2D eigenvalue weighted by molar-refractivity contribution is 7.89. The monoisotopic (exact) mass is 515 g/mol. The van der Waals surface area contributed by atoms with Crippen LogP contribution in [0, 0.1) is 6.92 Å². The van der Waals surface area contributed by atoms with Gasteiger partial charge in [-0.05, 0) is 43.0 Å². The van der Waals surface area contributed by atoms with Gasteiger partial charge in [0.2, 0.25) is 15.9 Å². The number of halogens is 2. The number of nitrogens with one attached hydrogen (secondary N) is 1.